The van der Waals surface area contributed by atoms with Gasteiger partial charge in [0.05, 0.1) is 0 Å². The van der Waals surface area contributed by atoms with Gasteiger partial charge in [0.15, 0.2) is 0 Å². The van der Waals surface area contributed by atoms with Crippen molar-refractivity contribution in [1.29, 1.82) is 0 Å². The average molecular weight is 274 g/mol. The Morgan fingerprint density at radius 3 is 2.53 bits per heavy atom. The smallest absolute Gasteiger partial charge is 0.124 e. The zero-order valence-electron chi connectivity index (χ0n) is 9.13. The number of hydrogen-bond acceptors (Lipinski definition) is 1. The molecule has 1 nitrogen and oxygen atoms in total. The Morgan fingerprint density at radius 1 is 1.33 bits per heavy atom. The van der Waals surface area contributed by atoms with Crippen LogP contribution in [0, 0.1) is 17.7 Å². The van der Waals surface area contributed by atoms with Gasteiger partial charge in [-0.25, -0.2) is 4.39 Å². The molecule has 3 heteroatoms. The lowest BCUT2D eigenvalue weighted by atomic mass is 9.90. The van der Waals surface area contributed by atoms with Crippen LogP contribution >= 0.6 is 15.9 Å². The Kier molecular flexibility index (Phi) is 4.74. The van der Waals surface area contributed by atoms with Gasteiger partial charge < -0.3 is 5.73 Å². The van der Waals surface area contributed by atoms with Crippen LogP contribution in [0.2, 0.25) is 0 Å². The molecule has 0 fully saturated rings. The van der Waals surface area contributed by atoms with E-state index in [0.29, 0.717) is 18.4 Å². The third-order valence-corrected chi connectivity index (χ3v) is 3.64. The number of hydrogen-bond donors (Lipinski definition) is 1. The van der Waals surface area contributed by atoms with Crippen LogP contribution in [0.25, 0.3) is 0 Å². The van der Waals surface area contributed by atoms with E-state index < -0.39 is 0 Å². The van der Waals surface area contributed by atoms with Crippen molar-refractivity contribution in [3.05, 3.63) is 34.1 Å². The van der Waals surface area contributed by atoms with Crippen molar-refractivity contribution < 1.29 is 4.39 Å². The highest BCUT2D eigenvalue weighted by Crippen LogP contribution is 2.23. The molecule has 1 rings (SSSR count). The van der Waals surface area contributed by atoms with Crippen LogP contribution in [0.15, 0.2) is 22.7 Å². The fourth-order valence-corrected chi connectivity index (χ4v) is 1.98. The van der Waals surface area contributed by atoms with E-state index in [0.717, 1.165) is 16.5 Å². The molecule has 84 valence electrons. The molecule has 2 unspecified atom stereocenters. The fraction of sp³-hybridized carbons (Fsp3) is 0.500. The maximum absolute atomic E-state index is 12.9. The minimum Gasteiger partial charge on any atom is -0.330 e. The van der Waals surface area contributed by atoms with Gasteiger partial charge in [-0.3, -0.25) is 0 Å². The van der Waals surface area contributed by atoms with Gasteiger partial charge >= 0.3 is 0 Å². The molecular weight excluding hydrogens is 257 g/mol. The normalized spacial score (nSPS) is 15.0. The van der Waals surface area contributed by atoms with Gasteiger partial charge in [0.25, 0.3) is 0 Å². The predicted molar refractivity (Wildman–Crippen MR) is 65.2 cm³/mol. The average Bonchev–Trinajstić information content (AvgIpc) is 2.20. The highest BCUT2D eigenvalue weighted by Gasteiger charge is 2.12. The first kappa shape index (κ1) is 12.7. The fourth-order valence-electron chi connectivity index (χ4n) is 1.47. The second-order valence-electron chi connectivity index (χ2n) is 4.13. The Morgan fingerprint density at radius 2 is 2.00 bits per heavy atom. The largest absolute Gasteiger partial charge is 0.330 e. The Bertz CT molecular complexity index is 327. The molecule has 0 aliphatic carbocycles. The molecule has 0 bridgehead atoms. The van der Waals surface area contributed by atoms with Crippen molar-refractivity contribution in [2.75, 3.05) is 6.54 Å². The lowest BCUT2D eigenvalue weighted by molar-refractivity contribution is 0.394. The van der Waals surface area contributed by atoms with Crippen LogP contribution in [-0.4, -0.2) is 6.54 Å². The highest BCUT2D eigenvalue weighted by molar-refractivity contribution is 9.10. The second kappa shape index (κ2) is 5.61. The van der Waals surface area contributed by atoms with Crippen molar-refractivity contribution in [2.45, 2.75) is 20.3 Å². The third kappa shape index (κ3) is 3.58. The summed E-state index contributed by atoms with van der Waals surface area (Å²) in [5.74, 6) is 0.795. The van der Waals surface area contributed by atoms with Gasteiger partial charge in [0.2, 0.25) is 0 Å². The summed E-state index contributed by atoms with van der Waals surface area (Å²) in [6, 6.07) is 4.84. The van der Waals surface area contributed by atoms with E-state index in [4.69, 9.17) is 5.73 Å². The van der Waals surface area contributed by atoms with Gasteiger partial charge in [-0.05, 0) is 42.5 Å². The topological polar surface area (TPSA) is 26.0 Å². The molecule has 1 aromatic rings. The summed E-state index contributed by atoms with van der Waals surface area (Å²) in [4.78, 5) is 0. The Hall–Kier alpha value is -0.410. The third-order valence-electron chi connectivity index (χ3n) is 2.90. The zero-order chi connectivity index (χ0) is 11.4. The van der Waals surface area contributed by atoms with Crippen molar-refractivity contribution in [2.24, 2.45) is 17.6 Å². The predicted octanol–water partition coefficient (Wildman–Crippen LogP) is 3.36. The molecule has 0 saturated carbocycles. The van der Waals surface area contributed by atoms with Crippen molar-refractivity contribution in [3.63, 3.8) is 0 Å². The molecule has 15 heavy (non-hydrogen) atoms. The van der Waals surface area contributed by atoms with Crippen LogP contribution in [-0.2, 0) is 6.42 Å². The summed E-state index contributed by atoms with van der Waals surface area (Å²) in [5.41, 5.74) is 6.76. The SMILES string of the molecule is CC(CN)C(C)Cc1ccc(F)cc1Br. The van der Waals surface area contributed by atoms with Gasteiger partial charge in [-0.15, -0.1) is 0 Å². The van der Waals surface area contributed by atoms with E-state index in [9.17, 15) is 4.39 Å². The van der Waals surface area contributed by atoms with E-state index in [1.807, 2.05) is 6.07 Å². The number of benzene rings is 1. The maximum atomic E-state index is 12.9. The monoisotopic (exact) mass is 273 g/mol. The van der Waals surface area contributed by atoms with Crippen molar-refractivity contribution >= 4 is 15.9 Å². The second-order valence-corrected chi connectivity index (χ2v) is 4.98. The lowest BCUT2D eigenvalue weighted by Gasteiger charge is -2.18. The Balaban J connectivity index is 2.72. The molecule has 0 aliphatic rings. The van der Waals surface area contributed by atoms with Crippen LogP contribution in [0.5, 0.6) is 0 Å². The molecule has 1 aromatic carbocycles. The van der Waals surface area contributed by atoms with Gasteiger partial charge in [0.1, 0.15) is 5.82 Å². The summed E-state index contributed by atoms with van der Waals surface area (Å²) in [7, 11) is 0. The molecule has 0 spiro atoms. The van der Waals surface area contributed by atoms with Crippen molar-refractivity contribution in [1.82, 2.24) is 0 Å². The molecular formula is C12H17BrFN. The van der Waals surface area contributed by atoms with E-state index in [2.05, 4.69) is 29.8 Å². The standard InChI is InChI=1S/C12H17BrFN/c1-8(9(2)7-15)5-10-3-4-11(14)6-12(10)13/h3-4,6,8-9H,5,7,15H2,1-2H3. The molecule has 0 saturated heterocycles. The number of rotatable bonds is 4. The van der Waals surface area contributed by atoms with E-state index >= 15 is 0 Å². The van der Waals surface area contributed by atoms with Crippen LogP contribution in [0.1, 0.15) is 19.4 Å². The number of halogens is 2. The van der Waals surface area contributed by atoms with Crippen LogP contribution in [0.4, 0.5) is 4.39 Å². The van der Waals surface area contributed by atoms with E-state index in [-0.39, 0.29) is 5.82 Å². The summed E-state index contributed by atoms with van der Waals surface area (Å²) >= 11 is 3.38. The minimum absolute atomic E-state index is 0.204. The lowest BCUT2D eigenvalue weighted by Crippen LogP contribution is -2.20. The summed E-state index contributed by atoms with van der Waals surface area (Å²) in [6.07, 6.45) is 0.930. The molecule has 2 N–H and O–H groups in total. The molecule has 0 aliphatic heterocycles. The van der Waals surface area contributed by atoms with E-state index in [1.54, 1.807) is 0 Å². The summed E-state index contributed by atoms with van der Waals surface area (Å²) in [6.45, 7) is 5.01. The maximum Gasteiger partial charge on any atom is 0.124 e. The Labute approximate surface area is 99.0 Å². The first-order valence-corrected chi connectivity index (χ1v) is 5.98. The number of nitrogens with two attached hydrogens (primary N) is 1. The van der Waals surface area contributed by atoms with Crippen LogP contribution < -0.4 is 5.73 Å². The van der Waals surface area contributed by atoms with Crippen LogP contribution in [0.3, 0.4) is 0 Å². The van der Waals surface area contributed by atoms with Gasteiger partial charge in [-0.2, -0.15) is 0 Å². The molecule has 0 amide bonds. The molecule has 2 atom stereocenters. The van der Waals surface area contributed by atoms with Gasteiger partial charge in [-0.1, -0.05) is 35.8 Å². The van der Waals surface area contributed by atoms with E-state index in [1.165, 1.54) is 12.1 Å². The quantitative estimate of drug-likeness (QED) is 0.895. The molecule has 0 heterocycles. The molecule has 0 aromatic heterocycles. The summed E-state index contributed by atoms with van der Waals surface area (Å²) < 4.78 is 13.7. The first-order chi connectivity index (χ1) is 7.04. The minimum atomic E-state index is -0.204. The summed E-state index contributed by atoms with van der Waals surface area (Å²) in [5, 5.41) is 0. The molecule has 0 radical (unpaired) electrons. The highest BCUT2D eigenvalue weighted by atomic mass is 79.9. The van der Waals surface area contributed by atoms with Crippen molar-refractivity contribution in [3.8, 4) is 0 Å². The zero-order valence-corrected chi connectivity index (χ0v) is 10.7. The van der Waals surface area contributed by atoms with Gasteiger partial charge in [0, 0.05) is 4.47 Å². The first-order valence-electron chi connectivity index (χ1n) is 5.18.